The summed E-state index contributed by atoms with van der Waals surface area (Å²) in [4.78, 5) is 14.7. The van der Waals surface area contributed by atoms with Crippen LogP contribution in [-0.4, -0.2) is 42.0 Å². The maximum Gasteiger partial charge on any atom is 0.242 e. The second-order valence-corrected chi connectivity index (χ2v) is 8.17. The van der Waals surface area contributed by atoms with Crippen molar-refractivity contribution < 1.29 is 4.79 Å². The van der Waals surface area contributed by atoms with E-state index in [1.54, 1.807) is 0 Å². The first kappa shape index (κ1) is 15.3. The fourth-order valence-electron chi connectivity index (χ4n) is 3.95. The summed E-state index contributed by atoms with van der Waals surface area (Å²) < 4.78 is 0. The van der Waals surface area contributed by atoms with E-state index in [9.17, 15) is 4.79 Å². The Kier molecular flexibility index (Phi) is 4.04. The molecule has 2 aliphatic carbocycles. The number of nitrogens with one attached hydrogen (secondary N) is 1. The average molecular weight is 293 g/mol. The van der Waals surface area contributed by atoms with Gasteiger partial charge in [-0.15, -0.1) is 0 Å². The number of carbonyl (C=O) groups excluding carboxylic acids is 1. The topological polar surface area (TPSA) is 58.4 Å². The zero-order valence-electron chi connectivity index (χ0n) is 13.7. The molecule has 0 spiro atoms. The molecule has 21 heavy (non-hydrogen) atoms. The summed E-state index contributed by atoms with van der Waals surface area (Å²) in [6, 6.07) is 0.743. The van der Waals surface area contributed by atoms with Gasteiger partial charge in [0, 0.05) is 25.7 Å². The molecule has 4 nitrogen and oxygen atoms in total. The van der Waals surface area contributed by atoms with Crippen LogP contribution in [0.15, 0.2) is 0 Å². The predicted octanol–water partition coefficient (Wildman–Crippen LogP) is 1.88. The fourth-order valence-corrected chi connectivity index (χ4v) is 3.95. The van der Waals surface area contributed by atoms with Crippen molar-refractivity contribution in [2.45, 2.75) is 70.4 Å². The molecule has 1 aliphatic heterocycles. The first-order valence-corrected chi connectivity index (χ1v) is 8.74. The van der Waals surface area contributed by atoms with Crippen molar-refractivity contribution in [2.24, 2.45) is 17.1 Å². The van der Waals surface area contributed by atoms with Gasteiger partial charge in [0.05, 0.1) is 5.54 Å². The largest absolute Gasteiger partial charge is 0.341 e. The number of hydrogen-bond acceptors (Lipinski definition) is 3. The van der Waals surface area contributed by atoms with Crippen LogP contribution in [0.3, 0.4) is 0 Å². The van der Waals surface area contributed by atoms with Gasteiger partial charge in [0.15, 0.2) is 0 Å². The molecule has 3 N–H and O–H groups in total. The van der Waals surface area contributed by atoms with Crippen LogP contribution in [0.5, 0.6) is 0 Å². The molecular formula is C17H31N3O. The highest BCUT2D eigenvalue weighted by atomic mass is 16.2. The summed E-state index contributed by atoms with van der Waals surface area (Å²) in [5.41, 5.74) is 6.12. The zero-order valence-corrected chi connectivity index (χ0v) is 13.7. The number of carbonyl (C=O) groups is 1. The highest BCUT2D eigenvalue weighted by Gasteiger charge is 2.42. The number of rotatable bonds is 4. The van der Waals surface area contributed by atoms with Gasteiger partial charge in [-0.05, 0) is 43.4 Å². The quantitative estimate of drug-likeness (QED) is 0.832. The molecule has 0 aromatic rings. The van der Waals surface area contributed by atoms with Crippen LogP contribution in [0.2, 0.25) is 0 Å². The summed E-state index contributed by atoms with van der Waals surface area (Å²) in [6.45, 7) is 7.54. The first-order valence-electron chi connectivity index (χ1n) is 8.74. The van der Waals surface area contributed by atoms with E-state index >= 15 is 0 Å². The van der Waals surface area contributed by atoms with E-state index in [0.29, 0.717) is 5.41 Å². The molecule has 120 valence electrons. The molecule has 0 bridgehead atoms. The molecule has 0 aromatic heterocycles. The van der Waals surface area contributed by atoms with Crippen molar-refractivity contribution in [1.82, 2.24) is 10.2 Å². The number of amides is 1. The third kappa shape index (κ3) is 3.26. The van der Waals surface area contributed by atoms with Crippen LogP contribution in [0, 0.1) is 11.3 Å². The van der Waals surface area contributed by atoms with Crippen molar-refractivity contribution in [2.75, 3.05) is 19.6 Å². The van der Waals surface area contributed by atoms with E-state index < -0.39 is 5.54 Å². The molecule has 3 rings (SSSR count). The average Bonchev–Trinajstić information content (AvgIpc) is 2.99. The van der Waals surface area contributed by atoms with Crippen LogP contribution in [0.1, 0.15) is 58.8 Å². The molecule has 1 heterocycles. The molecule has 1 amide bonds. The molecule has 2 atom stereocenters. The Hall–Kier alpha value is -0.610. The zero-order chi connectivity index (χ0) is 15.1. The van der Waals surface area contributed by atoms with Gasteiger partial charge in [0.25, 0.3) is 0 Å². The monoisotopic (exact) mass is 293 g/mol. The standard InChI is InChI=1S/C17H31N3O/c1-13-11-14(13)19-12-16(2)7-9-20(10-8-16)15(21)17(18)5-3-4-6-17/h13-14,19H,3-12,18H2,1-2H3/t13-,14-/m1/s1. The minimum atomic E-state index is -0.546. The number of piperidine rings is 1. The lowest BCUT2D eigenvalue weighted by Gasteiger charge is -2.42. The van der Waals surface area contributed by atoms with E-state index in [4.69, 9.17) is 5.73 Å². The van der Waals surface area contributed by atoms with Gasteiger partial charge >= 0.3 is 0 Å². The van der Waals surface area contributed by atoms with Crippen molar-refractivity contribution >= 4 is 5.91 Å². The molecule has 4 heteroatoms. The lowest BCUT2D eigenvalue weighted by molar-refractivity contribution is -0.139. The maximum atomic E-state index is 12.6. The van der Waals surface area contributed by atoms with Crippen LogP contribution in [0.4, 0.5) is 0 Å². The van der Waals surface area contributed by atoms with Gasteiger partial charge in [-0.2, -0.15) is 0 Å². The summed E-state index contributed by atoms with van der Waals surface area (Å²) in [6.07, 6.45) is 7.50. The second kappa shape index (κ2) is 5.54. The lowest BCUT2D eigenvalue weighted by atomic mass is 9.79. The van der Waals surface area contributed by atoms with Crippen molar-refractivity contribution in [3.05, 3.63) is 0 Å². The molecule has 2 saturated carbocycles. The first-order chi connectivity index (χ1) is 9.92. The van der Waals surface area contributed by atoms with Crippen LogP contribution in [0.25, 0.3) is 0 Å². The van der Waals surface area contributed by atoms with Crippen molar-refractivity contribution in [1.29, 1.82) is 0 Å². The fraction of sp³-hybridized carbons (Fsp3) is 0.941. The van der Waals surface area contributed by atoms with Crippen LogP contribution >= 0.6 is 0 Å². The van der Waals surface area contributed by atoms with Gasteiger partial charge in [0.1, 0.15) is 0 Å². The van der Waals surface area contributed by atoms with Gasteiger partial charge < -0.3 is 16.0 Å². The molecule has 0 aromatic carbocycles. The Morgan fingerprint density at radius 1 is 1.24 bits per heavy atom. The Morgan fingerprint density at radius 3 is 2.33 bits per heavy atom. The molecule has 3 fully saturated rings. The van der Waals surface area contributed by atoms with Crippen molar-refractivity contribution in [3.63, 3.8) is 0 Å². The van der Waals surface area contributed by atoms with Crippen LogP contribution < -0.4 is 11.1 Å². The van der Waals surface area contributed by atoms with Gasteiger partial charge in [-0.3, -0.25) is 4.79 Å². The lowest BCUT2D eigenvalue weighted by Crippen LogP contribution is -2.56. The van der Waals surface area contributed by atoms with E-state index in [1.807, 2.05) is 4.90 Å². The SMILES string of the molecule is C[C@@H]1C[C@H]1NCC1(C)CCN(C(=O)C2(N)CCCC2)CC1. The molecule has 1 saturated heterocycles. The smallest absolute Gasteiger partial charge is 0.242 e. The second-order valence-electron chi connectivity index (χ2n) is 8.17. The Bertz CT molecular complexity index is 395. The summed E-state index contributed by atoms with van der Waals surface area (Å²) >= 11 is 0. The maximum absolute atomic E-state index is 12.6. The van der Waals surface area contributed by atoms with E-state index in [0.717, 1.165) is 70.1 Å². The van der Waals surface area contributed by atoms with Gasteiger partial charge in [0.2, 0.25) is 5.91 Å². The Morgan fingerprint density at radius 2 is 1.81 bits per heavy atom. The van der Waals surface area contributed by atoms with E-state index in [2.05, 4.69) is 19.2 Å². The minimum Gasteiger partial charge on any atom is -0.341 e. The molecule has 0 radical (unpaired) electrons. The minimum absolute atomic E-state index is 0.214. The molecule has 0 unspecified atom stereocenters. The number of hydrogen-bond donors (Lipinski definition) is 2. The normalized spacial score (nSPS) is 34.0. The highest BCUT2D eigenvalue weighted by molar-refractivity contribution is 5.86. The summed E-state index contributed by atoms with van der Waals surface area (Å²) in [5.74, 6) is 1.07. The van der Waals surface area contributed by atoms with E-state index in [-0.39, 0.29) is 5.91 Å². The van der Waals surface area contributed by atoms with Gasteiger partial charge in [-0.25, -0.2) is 0 Å². The Labute approximate surface area is 128 Å². The predicted molar refractivity (Wildman–Crippen MR) is 84.9 cm³/mol. The highest BCUT2D eigenvalue weighted by Crippen LogP contribution is 2.36. The Balaban J connectivity index is 1.48. The number of nitrogens with zero attached hydrogens (tertiary/aromatic N) is 1. The van der Waals surface area contributed by atoms with Crippen molar-refractivity contribution in [3.8, 4) is 0 Å². The third-order valence-corrected chi connectivity index (χ3v) is 6.08. The van der Waals surface area contributed by atoms with E-state index in [1.165, 1.54) is 6.42 Å². The summed E-state index contributed by atoms with van der Waals surface area (Å²) in [5, 5.41) is 3.70. The number of nitrogens with two attached hydrogens (primary N) is 1. The number of likely N-dealkylation sites (tertiary alicyclic amines) is 1. The van der Waals surface area contributed by atoms with Gasteiger partial charge in [-0.1, -0.05) is 26.7 Å². The third-order valence-electron chi connectivity index (χ3n) is 6.08. The van der Waals surface area contributed by atoms with Crippen LogP contribution in [-0.2, 0) is 4.79 Å². The molecule has 3 aliphatic rings. The summed E-state index contributed by atoms with van der Waals surface area (Å²) in [7, 11) is 0. The molecular weight excluding hydrogens is 262 g/mol.